The number of carbonyl (C=O) groups is 1. The second kappa shape index (κ2) is 5.71. The number of aryl methyl sites for hydroxylation is 1. The van der Waals surface area contributed by atoms with Crippen LogP contribution in [-0.2, 0) is 0 Å². The van der Waals surface area contributed by atoms with E-state index in [-0.39, 0.29) is 5.91 Å². The molecule has 0 spiro atoms. The van der Waals surface area contributed by atoms with Gasteiger partial charge in [0.2, 0.25) is 0 Å². The predicted molar refractivity (Wildman–Crippen MR) is 76.1 cm³/mol. The van der Waals surface area contributed by atoms with Crippen LogP contribution in [0.3, 0.4) is 0 Å². The second-order valence-electron chi connectivity index (χ2n) is 4.76. The Bertz CT molecular complexity index is 410. The molecule has 1 aliphatic heterocycles. The summed E-state index contributed by atoms with van der Waals surface area (Å²) >= 11 is 1.46. The van der Waals surface area contributed by atoms with Crippen molar-refractivity contribution in [3.63, 3.8) is 0 Å². The summed E-state index contributed by atoms with van der Waals surface area (Å²) in [6.45, 7) is 7.06. The normalized spacial score (nSPS) is 20.2. The Morgan fingerprint density at radius 1 is 1.67 bits per heavy atom. The molecule has 3 N–H and O–H groups in total. The van der Waals surface area contributed by atoms with Crippen molar-refractivity contribution in [1.29, 1.82) is 0 Å². The summed E-state index contributed by atoms with van der Waals surface area (Å²) < 4.78 is 0. The predicted octanol–water partition coefficient (Wildman–Crippen LogP) is 1.85. The molecule has 100 valence electrons. The van der Waals surface area contributed by atoms with Crippen molar-refractivity contribution < 1.29 is 4.79 Å². The monoisotopic (exact) mass is 267 g/mol. The molecule has 2 heterocycles. The standard InChI is InChI=1S/C13H21N3OS/c1-3-16-6-4-5-10(16)8-15-13(17)12-7-11(14)9(2)18-12/h7,10H,3-6,8,14H2,1-2H3,(H,15,17). The molecule has 0 aliphatic carbocycles. The minimum Gasteiger partial charge on any atom is -0.398 e. The van der Waals surface area contributed by atoms with Crippen LogP contribution in [0.4, 0.5) is 5.69 Å². The fourth-order valence-electron chi connectivity index (χ4n) is 2.45. The Hall–Kier alpha value is -1.07. The minimum atomic E-state index is 0.00255. The number of rotatable bonds is 4. The van der Waals surface area contributed by atoms with E-state index in [0.29, 0.717) is 16.6 Å². The van der Waals surface area contributed by atoms with Crippen LogP contribution < -0.4 is 11.1 Å². The summed E-state index contributed by atoms with van der Waals surface area (Å²) in [6, 6.07) is 2.26. The largest absolute Gasteiger partial charge is 0.398 e. The molecular weight excluding hydrogens is 246 g/mol. The molecular formula is C13H21N3OS. The highest BCUT2D eigenvalue weighted by atomic mass is 32.1. The van der Waals surface area contributed by atoms with E-state index in [1.807, 2.05) is 6.92 Å². The van der Waals surface area contributed by atoms with Crippen molar-refractivity contribution in [2.45, 2.75) is 32.7 Å². The van der Waals surface area contributed by atoms with Gasteiger partial charge in [-0.15, -0.1) is 11.3 Å². The fraction of sp³-hybridized carbons (Fsp3) is 0.615. The van der Waals surface area contributed by atoms with Crippen LogP contribution in [0.1, 0.15) is 34.3 Å². The maximum Gasteiger partial charge on any atom is 0.261 e. The zero-order valence-electron chi connectivity index (χ0n) is 11.0. The lowest BCUT2D eigenvalue weighted by Gasteiger charge is -2.22. The highest BCUT2D eigenvalue weighted by Gasteiger charge is 2.23. The molecule has 1 aromatic heterocycles. The number of hydrogen-bond donors (Lipinski definition) is 2. The van der Waals surface area contributed by atoms with Gasteiger partial charge in [0.1, 0.15) is 0 Å². The van der Waals surface area contributed by atoms with E-state index in [9.17, 15) is 4.79 Å². The van der Waals surface area contributed by atoms with Gasteiger partial charge in [0, 0.05) is 23.2 Å². The number of nitrogens with zero attached hydrogens (tertiary/aromatic N) is 1. The Morgan fingerprint density at radius 3 is 3.06 bits per heavy atom. The van der Waals surface area contributed by atoms with Crippen LogP contribution in [0.15, 0.2) is 6.07 Å². The van der Waals surface area contributed by atoms with Gasteiger partial charge in [-0.05, 0) is 38.9 Å². The molecule has 1 atom stereocenters. The van der Waals surface area contributed by atoms with Gasteiger partial charge >= 0.3 is 0 Å². The van der Waals surface area contributed by atoms with Gasteiger partial charge in [-0.25, -0.2) is 0 Å². The van der Waals surface area contributed by atoms with Crippen molar-refractivity contribution in [3.05, 3.63) is 15.8 Å². The molecule has 2 rings (SSSR count). The number of carbonyl (C=O) groups excluding carboxylic acids is 1. The maximum absolute atomic E-state index is 12.0. The van der Waals surface area contributed by atoms with Crippen LogP contribution in [0.25, 0.3) is 0 Å². The molecule has 1 unspecified atom stereocenters. The van der Waals surface area contributed by atoms with Crippen molar-refractivity contribution in [2.75, 3.05) is 25.4 Å². The second-order valence-corrected chi connectivity index (χ2v) is 6.01. The van der Waals surface area contributed by atoms with Crippen LogP contribution >= 0.6 is 11.3 Å². The summed E-state index contributed by atoms with van der Waals surface area (Å²) in [5, 5.41) is 3.02. The zero-order valence-corrected chi connectivity index (χ0v) is 11.8. The SMILES string of the molecule is CCN1CCCC1CNC(=O)c1cc(N)c(C)s1. The summed E-state index contributed by atoms with van der Waals surface area (Å²) in [5.41, 5.74) is 6.47. The number of likely N-dealkylation sites (tertiary alicyclic amines) is 1. The van der Waals surface area contributed by atoms with E-state index in [2.05, 4.69) is 17.1 Å². The smallest absolute Gasteiger partial charge is 0.261 e. The van der Waals surface area contributed by atoms with Gasteiger partial charge in [-0.3, -0.25) is 9.69 Å². The van der Waals surface area contributed by atoms with E-state index >= 15 is 0 Å². The van der Waals surface area contributed by atoms with E-state index in [1.54, 1.807) is 6.07 Å². The molecule has 4 nitrogen and oxygen atoms in total. The molecule has 1 fully saturated rings. The number of nitrogens with one attached hydrogen (secondary N) is 1. The lowest BCUT2D eigenvalue weighted by Crippen LogP contribution is -2.39. The van der Waals surface area contributed by atoms with Crippen LogP contribution in [0.2, 0.25) is 0 Å². The number of likely N-dealkylation sites (N-methyl/N-ethyl adjacent to an activating group) is 1. The minimum absolute atomic E-state index is 0.00255. The van der Waals surface area contributed by atoms with Crippen LogP contribution in [-0.4, -0.2) is 36.5 Å². The number of hydrogen-bond acceptors (Lipinski definition) is 4. The van der Waals surface area contributed by atoms with E-state index in [1.165, 1.54) is 24.2 Å². The zero-order chi connectivity index (χ0) is 13.1. The van der Waals surface area contributed by atoms with E-state index in [0.717, 1.165) is 24.5 Å². The van der Waals surface area contributed by atoms with Gasteiger partial charge in [0.25, 0.3) is 5.91 Å². The van der Waals surface area contributed by atoms with Gasteiger partial charge in [0.05, 0.1) is 4.88 Å². The first-order valence-electron chi connectivity index (χ1n) is 6.50. The molecule has 18 heavy (non-hydrogen) atoms. The highest BCUT2D eigenvalue weighted by Crippen LogP contribution is 2.23. The summed E-state index contributed by atoms with van der Waals surface area (Å²) in [6.07, 6.45) is 2.42. The summed E-state index contributed by atoms with van der Waals surface area (Å²) in [7, 11) is 0. The van der Waals surface area contributed by atoms with E-state index in [4.69, 9.17) is 5.73 Å². The van der Waals surface area contributed by atoms with Crippen LogP contribution in [0.5, 0.6) is 0 Å². The van der Waals surface area contributed by atoms with Crippen LogP contribution in [0, 0.1) is 6.92 Å². The Kier molecular flexibility index (Phi) is 4.24. The first kappa shape index (κ1) is 13.4. The number of anilines is 1. The summed E-state index contributed by atoms with van der Waals surface area (Å²) in [4.78, 5) is 16.1. The molecule has 0 aromatic carbocycles. The lowest BCUT2D eigenvalue weighted by atomic mass is 10.2. The number of nitrogen functional groups attached to an aromatic ring is 1. The third-order valence-electron chi connectivity index (χ3n) is 3.58. The quantitative estimate of drug-likeness (QED) is 0.875. The number of thiophene rings is 1. The Morgan fingerprint density at radius 2 is 2.44 bits per heavy atom. The maximum atomic E-state index is 12.0. The van der Waals surface area contributed by atoms with Crippen molar-refractivity contribution >= 4 is 22.9 Å². The van der Waals surface area contributed by atoms with E-state index < -0.39 is 0 Å². The topological polar surface area (TPSA) is 58.4 Å². The third-order valence-corrected chi connectivity index (χ3v) is 4.65. The first-order chi connectivity index (χ1) is 8.61. The van der Waals surface area contributed by atoms with Gasteiger partial charge in [-0.2, -0.15) is 0 Å². The van der Waals surface area contributed by atoms with Crippen molar-refractivity contribution in [3.8, 4) is 0 Å². The average molecular weight is 267 g/mol. The number of nitrogens with two attached hydrogens (primary N) is 1. The van der Waals surface area contributed by atoms with Gasteiger partial charge in [0.15, 0.2) is 0 Å². The molecule has 0 bridgehead atoms. The molecule has 0 saturated carbocycles. The van der Waals surface area contributed by atoms with Crippen molar-refractivity contribution in [1.82, 2.24) is 10.2 Å². The average Bonchev–Trinajstić information content (AvgIpc) is 2.93. The van der Waals surface area contributed by atoms with Gasteiger partial charge in [-0.1, -0.05) is 6.92 Å². The highest BCUT2D eigenvalue weighted by molar-refractivity contribution is 7.14. The fourth-order valence-corrected chi connectivity index (χ4v) is 3.31. The lowest BCUT2D eigenvalue weighted by molar-refractivity contribution is 0.0945. The Labute approximate surface area is 112 Å². The number of amides is 1. The Balaban J connectivity index is 1.88. The molecule has 0 radical (unpaired) electrons. The third kappa shape index (κ3) is 2.84. The molecule has 1 saturated heterocycles. The molecule has 5 heteroatoms. The summed E-state index contributed by atoms with van der Waals surface area (Å²) in [5.74, 6) is 0.00255. The van der Waals surface area contributed by atoms with Crippen molar-refractivity contribution in [2.24, 2.45) is 0 Å². The van der Waals surface area contributed by atoms with Gasteiger partial charge < -0.3 is 11.1 Å². The molecule has 1 aromatic rings. The molecule has 1 amide bonds. The first-order valence-corrected chi connectivity index (χ1v) is 7.31. The molecule has 1 aliphatic rings.